The van der Waals surface area contributed by atoms with Crippen molar-refractivity contribution in [3.8, 4) is 11.5 Å². The second-order valence-electron chi connectivity index (χ2n) is 11.3. The zero-order valence-corrected chi connectivity index (χ0v) is 27.7. The molecule has 0 saturated carbocycles. The number of hydrogen-bond donors (Lipinski definition) is 6. The van der Waals surface area contributed by atoms with Crippen LogP contribution in [0.3, 0.4) is 0 Å². The maximum absolute atomic E-state index is 12.7. The van der Waals surface area contributed by atoms with Gasteiger partial charge in [-0.3, -0.25) is 28.6 Å². The highest BCUT2D eigenvalue weighted by Gasteiger charge is 2.34. The number of carboxylic acid groups (broad SMARTS) is 1. The molecule has 4 unspecified atom stereocenters. The van der Waals surface area contributed by atoms with Crippen LogP contribution in [-0.4, -0.2) is 114 Å². The number of carbonyl (C=O) groups excluding carboxylic acids is 5. The summed E-state index contributed by atoms with van der Waals surface area (Å²) in [6.07, 6.45) is -0.800. The summed E-state index contributed by atoms with van der Waals surface area (Å²) in [5.41, 5.74) is 5.44. The lowest BCUT2D eigenvalue weighted by Gasteiger charge is -2.31. The zero-order chi connectivity index (χ0) is 36.8. The summed E-state index contributed by atoms with van der Waals surface area (Å²) in [5.74, 6) is -4.33. The van der Waals surface area contributed by atoms with Gasteiger partial charge in [-0.05, 0) is 31.4 Å². The normalized spacial score (nSPS) is 19.5. The Bertz CT molecular complexity index is 1530. The minimum Gasteiger partial charge on any atom is -0.493 e. The number of carbonyl (C=O) groups is 6. The molecule has 0 aliphatic carbocycles. The lowest BCUT2D eigenvalue weighted by atomic mass is 10.1. The molecule has 0 aromatic heterocycles. The van der Waals surface area contributed by atoms with Crippen molar-refractivity contribution in [2.45, 2.75) is 76.1 Å². The lowest BCUT2D eigenvalue weighted by molar-refractivity contribution is -0.195. The van der Waals surface area contributed by atoms with Gasteiger partial charge in [-0.25, -0.2) is 9.59 Å². The molecule has 0 bridgehead atoms. The first kappa shape index (κ1) is 39.6. The van der Waals surface area contributed by atoms with Crippen molar-refractivity contribution in [1.29, 1.82) is 0 Å². The van der Waals surface area contributed by atoms with Crippen LogP contribution in [0, 0.1) is 0 Å². The summed E-state index contributed by atoms with van der Waals surface area (Å²) in [5, 5.41) is 24.0. The monoisotopic (exact) mass is 728 g/mol. The minimum absolute atomic E-state index is 0.00847. The molecule has 5 amide bonds. The quantitative estimate of drug-likeness (QED) is 0.0553. The topological polar surface area (TPSA) is 287 Å². The second-order valence-corrected chi connectivity index (χ2v) is 12.8. The van der Waals surface area contributed by atoms with Gasteiger partial charge in [0.1, 0.15) is 29.9 Å². The molecule has 50 heavy (non-hydrogen) atoms. The van der Waals surface area contributed by atoms with E-state index in [1.807, 2.05) is 0 Å². The van der Waals surface area contributed by atoms with E-state index in [2.05, 4.69) is 10.6 Å². The van der Waals surface area contributed by atoms with Gasteiger partial charge in [0, 0.05) is 56.1 Å². The number of ether oxygens (including phenoxy) is 4. The highest BCUT2D eigenvalue weighted by atomic mass is 32.2. The van der Waals surface area contributed by atoms with Crippen molar-refractivity contribution in [2.75, 3.05) is 25.4 Å². The maximum atomic E-state index is 12.7. The van der Waals surface area contributed by atoms with E-state index in [-0.39, 0.29) is 63.5 Å². The number of imide groups is 1. The maximum Gasteiger partial charge on any atom is 0.404 e. The van der Waals surface area contributed by atoms with Crippen molar-refractivity contribution in [3.05, 3.63) is 35.9 Å². The van der Waals surface area contributed by atoms with Crippen LogP contribution >= 0.6 is 0 Å². The van der Waals surface area contributed by atoms with Crippen molar-refractivity contribution in [1.82, 2.24) is 15.5 Å². The van der Waals surface area contributed by atoms with Gasteiger partial charge >= 0.3 is 12.1 Å². The van der Waals surface area contributed by atoms with Crippen molar-refractivity contribution < 1.29 is 70.9 Å². The number of hydrogen-bond acceptors (Lipinski definition) is 13. The van der Waals surface area contributed by atoms with E-state index in [1.165, 1.54) is 30.4 Å². The lowest BCUT2D eigenvalue weighted by Crippen LogP contribution is -2.50. The number of primary amides is 1. The Hall–Kier alpha value is -4.79. The number of amides is 5. The summed E-state index contributed by atoms with van der Waals surface area (Å²) in [6, 6.07) is 2.79. The highest BCUT2D eigenvalue weighted by Crippen LogP contribution is 2.29. The summed E-state index contributed by atoms with van der Waals surface area (Å²) in [7, 11) is -4.66. The average molecular weight is 729 g/mol. The number of aliphatic hydroxyl groups excluding tert-OH is 1. The van der Waals surface area contributed by atoms with Gasteiger partial charge in [0.25, 0.3) is 21.9 Å². The van der Waals surface area contributed by atoms with E-state index in [9.17, 15) is 52.0 Å². The van der Waals surface area contributed by atoms with Gasteiger partial charge in [-0.15, -0.1) is 0 Å². The number of nitrogens with zero attached hydrogens (tertiary/aromatic N) is 1. The zero-order valence-electron chi connectivity index (χ0n) is 26.9. The molecule has 2 heterocycles. The average Bonchev–Trinajstić information content (AvgIpc) is 3.35. The summed E-state index contributed by atoms with van der Waals surface area (Å²) in [4.78, 5) is 71.9. The van der Waals surface area contributed by atoms with E-state index >= 15 is 0 Å². The summed E-state index contributed by atoms with van der Waals surface area (Å²) in [6.45, 7) is -0.172. The smallest absolute Gasteiger partial charge is 0.404 e. The van der Waals surface area contributed by atoms with Gasteiger partial charge in [-0.1, -0.05) is 6.42 Å². The molecule has 0 spiro atoms. The van der Waals surface area contributed by atoms with Crippen molar-refractivity contribution in [3.63, 3.8) is 0 Å². The standard InChI is InChI=1S/C30H40N4O15S/c31-30(42)47-16-18-6-7-20(48-27-14-19(35)13-23(49-27)29(40)41)15-22(18)46-12-4-10-32-28(39)21(17-50(43,44)45)33-24(36)5-2-1-3-11-34-25(37)8-9-26(34)38/h6-9,15,19,21,23,27,35H,1-5,10-14,16-17H2,(H2,31,42)(H,32,39)(H,33,36)(H,40,41)(H,43,44,45). The van der Waals surface area contributed by atoms with Gasteiger partial charge < -0.3 is 45.5 Å². The van der Waals surface area contributed by atoms with Crippen LogP contribution < -0.4 is 25.8 Å². The van der Waals surface area contributed by atoms with Crippen molar-refractivity contribution >= 4 is 45.8 Å². The van der Waals surface area contributed by atoms with Crippen LogP contribution in [0.25, 0.3) is 0 Å². The van der Waals surface area contributed by atoms with E-state index in [4.69, 9.17) is 24.7 Å². The molecule has 1 aromatic carbocycles. The molecule has 1 saturated heterocycles. The van der Waals surface area contributed by atoms with Gasteiger partial charge in [0.05, 0.1) is 12.7 Å². The second kappa shape index (κ2) is 18.8. The SMILES string of the molecule is NC(=O)OCc1ccc(OC2CC(O)CC(C(=O)O)O2)cc1OCCCNC(=O)C(CS(=O)(=O)O)NC(=O)CCCCCN1C(=O)C=CC1=O. The molecule has 7 N–H and O–H groups in total. The molecular formula is C30H40N4O15S. The number of aliphatic hydroxyl groups is 1. The number of benzene rings is 1. The van der Waals surface area contributed by atoms with E-state index in [0.29, 0.717) is 24.8 Å². The fourth-order valence-corrected chi connectivity index (χ4v) is 5.55. The van der Waals surface area contributed by atoms with Crippen LogP contribution in [0.4, 0.5) is 4.79 Å². The van der Waals surface area contributed by atoms with Crippen LogP contribution in [-0.2, 0) is 50.2 Å². The van der Waals surface area contributed by atoms with Gasteiger partial charge in [0.2, 0.25) is 18.1 Å². The molecule has 3 rings (SSSR count). The number of nitrogens with two attached hydrogens (primary N) is 1. The summed E-state index contributed by atoms with van der Waals surface area (Å²) < 4.78 is 54.1. The fraction of sp³-hybridized carbons (Fsp3) is 0.533. The molecule has 4 atom stereocenters. The first-order valence-corrected chi connectivity index (χ1v) is 17.2. The number of unbranched alkanes of at least 4 members (excludes halogenated alkanes) is 2. The predicted octanol–water partition coefficient (Wildman–Crippen LogP) is -0.646. The Labute approximate surface area is 286 Å². The molecule has 1 aromatic rings. The predicted molar refractivity (Wildman–Crippen MR) is 169 cm³/mol. The number of aliphatic carboxylic acids is 1. The van der Waals surface area contributed by atoms with Gasteiger partial charge in [-0.2, -0.15) is 8.42 Å². The highest BCUT2D eigenvalue weighted by molar-refractivity contribution is 7.85. The van der Waals surface area contributed by atoms with Crippen molar-refractivity contribution in [2.24, 2.45) is 5.73 Å². The molecule has 2 aliphatic rings. The molecular weight excluding hydrogens is 688 g/mol. The number of carboxylic acids is 1. The molecule has 2 aliphatic heterocycles. The first-order chi connectivity index (χ1) is 23.6. The first-order valence-electron chi connectivity index (χ1n) is 15.6. The minimum atomic E-state index is -4.66. The third-order valence-corrected chi connectivity index (χ3v) is 8.07. The molecule has 276 valence electrons. The van der Waals surface area contributed by atoms with E-state index < -0.39 is 76.1 Å². The van der Waals surface area contributed by atoms with Crippen LogP contribution in [0.2, 0.25) is 0 Å². The largest absolute Gasteiger partial charge is 0.493 e. The van der Waals surface area contributed by atoms with Crippen LogP contribution in [0.1, 0.15) is 50.5 Å². The number of rotatable bonds is 20. The third kappa shape index (κ3) is 13.6. The summed E-state index contributed by atoms with van der Waals surface area (Å²) >= 11 is 0. The van der Waals surface area contributed by atoms with Crippen LogP contribution in [0.5, 0.6) is 11.5 Å². The molecule has 0 radical (unpaired) electrons. The van der Waals surface area contributed by atoms with Crippen LogP contribution in [0.15, 0.2) is 30.4 Å². The fourth-order valence-electron chi connectivity index (χ4n) is 4.89. The Morgan fingerprint density at radius 2 is 1.78 bits per heavy atom. The van der Waals surface area contributed by atoms with E-state index in [1.54, 1.807) is 0 Å². The third-order valence-electron chi connectivity index (χ3n) is 7.31. The molecule has 20 heteroatoms. The Kier molecular flexibility index (Phi) is 14.9. The van der Waals surface area contributed by atoms with E-state index in [0.717, 1.165) is 4.90 Å². The van der Waals surface area contributed by atoms with Gasteiger partial charge in [0.15, 0.2) is 6.10 Å². The number of nitrogens with one attached hydrogen (secondary N) is 2. The Balaban J connectivity index is 1.49. The Morgan fingerprint density at radius 1 is 1.06 bits per heavy atom. The molecule has 19 nitrogen and oxygen atoms in total. The molecule has 1 fully saturated rings. The Morgan fingerprint density at radius 3 is 2.44 bits per heavy atom.